The molecule has 4 nitrogen and oxygen atoms in total. The summed E-state index contributed by atoms with van der Waals surface area (Å²) in [4.78, 5) is 1.91. The first-order chi connectivity index (χ1) is 10.4. The van der Waals surface area contributed by atoms with Gasteiger partial charge in [0.25, 0.3) is 0 Å². The van der Waals surface area contributed by atoms with Crippen molar-refractivity contribution in [1.82, 2.24) is 0 Å². The Morgan fingerprint density at radius 2 is 1.23 bits per heavy atom. The van der Waals surface area contributed by atoms with Crippen LogP contribution in [0.25, 0.3) is 0 Å². The van der Waals surface area contributed by atoms with Crippen LogP contribution in [0.4, 0.5) is 0 Å². The second-order valence-electron chi connectivity index (χ2n) is 4.83. The molecule has 3 rings (SSSR count). The van der Waals surface area contributed by atoms with Gasteiger partial charge in [0.15, 0.2) is 10.3 Å². The van der Waals surface area contributed by atoms with E-state index in [-0.39, 0.29) is 10.3 Å². The molecule has 8 heteroatoms. The molecule has 1 fully saturated rings. The lowest BCUT2D eigenvalue weighted by atomic mass is 10.4. The fourth-order valence-corrected chi connectivity index (χ4v) is 25.2. The van der Waals surface area contributed by atoms with Gasteiger partial charge in [-0.3, -0.25) is 10.8 Å². The molecule has 116 valence electrons. The minimum Gasteiger partial charge on any atom is -0.379 e. The van der Waals surface area contributed by atoms with Gasteiger partial charge in [-0.1, -0.05) is 41.8 Å². The first-order valence-electron chi connectivity index (χ1n) is 6.38. The highest BCUT2D eigenvalue weighted by Crippen LogP contribution is 3.33. The number of rotatable bonds is 2. The lowest BCUT2D eigenvalue weighted by molar-refractivity contribution is 1.37. The van der Waals surface area contributed by atoms with Crippen LogP contribution in [0.2, 0.25) is 0 Å². The molecule has 0 atom stereocenters. The summed E-state index contributed by atoms with van der Waals surface area (Å²) in [6, 6.07) is 19.6. The zero-order valence-electron chi connectivity index (χ0n) is 11.6. The average molecular weight is 369 g/mol. The first-order valence-corrected chi connectivity index (χ1v) is 13.3. The third-order valence-electron chi connectivity index (χ3n) is 3.63. The van der Waals surface area contributed by atoms with Crippen LogP contribution in [0.1, 0.15) is 0 Å². The minimum atomic E-state index is -3.64. The Bertz CT molecular complexity index is 728. The second-order valence-corrected chi connectivity index (χ2v) is 22.8. The molecule has 1 aliphatic rings. The van der Waals surface area contributed by atoms with Crippen molar-refractivity contribution in [2.75, 3.05) is 0 Å². The summed E-state index contributed by atoms with van der Waals surface area (Å²) in [5, 5.41) is 12.9. The second kappa shape index (κ2) is 4.64. The number of benzene rings is 2. The van der Waals surface area contributed by atoms with Crippen LogP contribution in [-0.4, -0.2) is 10.3 Å². The Labute approximate surface area is 138 Å². The van der Waals surface area contributed by atoms with E-state index in [1.807, 2.05) is 60.7 Å². The molecule has 0 aliphatic carbocycles. The van der Waals surface area contributed by atoms with E-state index in [0.29, 0.717) is 0 Å². The van der Waals surface area contributed by atoms with Crippen LogP contribution < -0.4 is 11.5 Å². The third kappa shape index (κ3) is 1.61. The summed E-state index contributed by atoms with van der Waals surface area (Å²) in [6.45, 7) is 0. The maximum Gasteiger partial charge on any atom is 0.161 e. The van der Waals surface area contributed by atoms with Crippen molar-refractivity contribution < 1.29 is 0 Å². The van der Waals surface area contributed by atoms with Crippen molar-refractivity contribution in [3.8, 4) is 0 Å². The van der Waals surface area contributed by atoms with E-state index >= 15 is 0 Å². The van der Waals surface area contributed by atoms with E-state index in [1.165, 1.54) is 10.8 Å². The van der Waals surface area contributed by atoms with Crippen molar-refractivity contribution in [2.24, 2.45) is 11.5 Å². The maximum atomic E-state index is 8.54. The van der Waals surface area contributed by atoms with Gasteiger partial charge in [-0.2, -0.15) is 0 Å². The summed E-state index contributed by atoms with van der Waals surface area (Å²) < 4.78 is 0. The molecule has 0 saturated carbocycles. The zero-order chi connectivity index (χ0) is 15.9. The minimum absolute atomic E-state index is 0.0259. The molecule has 0 amide bonds. The fourth-order valence-electron chi connectivity index (χ4n) is 2.50. The summed E-state index contributed by atoms with van der Waals surface area (Å²) in [5.41, 5.74) is 12.0. The van der Waals surface area contributed by atoms with Crippen LogP contribution in [0.5, 0.6) is 0 Å². The van der Waals surface area contributed by atoms with Crippen molar-refractivity contribution in [2.45, 2.75) is 9.79 Å². The van der Waals surface area contributed by atoms with Gasteiger partial charge in [-0.25, -0.2) is 0 Å². The molecule has 0 bridgehead atoms. The standard InChI is InChI=1S/C14H16N4S4/c15-13(16)19-22(14(17)18,20-21-22,11-7-3-1-4-8-11)12-9-5-2-6-10-12/h1-10H,(H3,15,16)(H3,17,18). The predicted molar refractivity (Wildman–Crippen MR) is 104 cm³/mol. The van der Waals surface area contributed by atoms with Crippen molar-refractivity contribution in [3.63, 3.8) is 0 Å². The molecule has 0 unspecified atom stereocenters. The first kappa shape index (κ1) is 15.7. The summed E-state index contributed by atoms with van der Waals surface area (Å²) in [5.74, 6) is 0. The molecule has 22 heavy (non-hydrogen) atoms. The van der Waals surface area contributed by atoms with Crippen molar-refractivity contribution >= 4 is 46.2 Å². The fraction of sp³-hybridized carbons (Fsp3) is 0. The summed E-state index contributed by atoms with van der Waals surface area (Å²) >= 11 is 0. The maximum absolute atomic E-state index is 8.54. The van der Waals surface area contributed by atoms with Gasteiger partial charge >= 0.3 is 0 Å². The van der Waals surface area contributed by atoms with E-state index in [1.54, 1.807) is 19.7 Å². The van der Waals surface area contributed by atoms with Crippen LogP contribution in [0, 0.1) is 10.8 Å². The topological polar surface area (TPSA) is 99.7 Å². The average Bonchev–Trinajstić information content (AvgIpc) is 3.24. The molecule has 1 heterocycles. The Kier molecular flexibility index (Phi) is 3.30. The Morgan fingerprint density at radius 1 is 0.818 bits per heavy atom. The van der Waals surface area contributed by atoms with E-state index < -0.39 is 5.39 Å². The monoisotopic (exact) mass is 368 g/mol. The molecule has 2 aromatic carbocycles. The molecule has 0 radical (unpaired) electrons. The summed E-state index contributed by atoms with van der Waals surface area (Å²) in [6.07, 6.45) is 0. The molecular weight excluding hydrogens is 352 g/mol. The van der Waals surface area contributed by atoms with Crippen LogP contribution in [0.15, 0.2) is 70.5 Å². The van der Waals surface area contributed by atoms with Crippen molar-refractivity contribution in [3.05, 3.63) is 60.7 Å². The largest absolute Gasteiger partial charge is 0.379 e. The zero-order valence-corrected chi connectivity index (χ0v) is 14.8. The molecule has 6 N–H and O–H groups in total. The number of nitrogens with one attached hydrogen (secondary N) is 2. The third-order valence-corrected chi connectivity index (χ3v) is 27.3. The van der Waals surface area contributed by atoms with Gasteiger partial charge in [0.05, 0.1) is 0 Å². The smallest absolute Gasteiger partial charge is 0.161 e. The van der Waals surface area contributed by atoms with Gasteiger partial charge < -0.3 is 11.5 Å². The molecule has 1 aliphatic heterocycles. The van der Waals surface area contributed by atoms with E-state index in [9.17, 15) is 0 Å². The van der Waals surface area contributed by atoms with Crippen LogP contribution in [0.3, 0.4) is 0 Å². The quantitative estimate of drug-likeness (QED) is 0.268. The molecule has 0 aromatic heterocycles. The van der Waals surface area contributed by atoms with Gasteiger partial charge in [0, 0.05) is 9.79 Å². The number of amidine groups is 2. The number of hydrogen-bond donors (Lipinski definition) is 4. The van der Waals surface area contributed by atoms with Gasteiger partial charge in [0.1, 0.15) is 0 Å². The number of hydrogen-bond acceptors (Lipinski definition) is 5. The Hall–Kier alpha value is -1.22. The van der Waals surface area contributed by atoms with E-state index in [0.717, 1.165) is 9.79 Å². The SMILES string of the molecule is N=C(N)SS1(C(=N)N)(c2ccccc2)(c2ccccc2)SS1. The highest BCUT2D eigenvalue weighted by molar-refractivity contribution is 9.98. The molecule has 2 aromatic rings. The van der Waals surface area contributed by atoms with Gasteiger partial charge in [0.2, 0.25) is 0 Å². The van der Waals surface area contributed by atoms with Crippen molar-refractivity contribution in [1.29, 1.82) is 10.8 Å². The van der Waals surface area contributed by atoms with Crippen LogP contribution in [-0.2, 0) is 0 Å². The normalized spacial score (nSPS) is 23.1. The molecule has 1 saturated heterocycles. The Morgan fingerprint density at radius 3 is 1.50 bits per heavy atom. The molecular formula is C14H16N4S4. The lowest BCUT2D eigenvalue weighted by Crippen LogP contribution is -2.33. The highest BCUT2D eigenvalue weighted by atomic mass is 34.3. The molecule has 0 spiro atoms. The van der Waals surface area contributed by atoms with Gasteiger partial charge in [-0.15, -0.1) is 0 Å². The summed E-state index contributed by atoms with van der Waals surface area (Å²) in [7, 11) is 4.39. The number of nitrogens with two attached hydrogens (primary N) is 2. The van der Waals surface area contributed by atoms with E-state index in [4.69, 9.17) is 22.3 Å². The Balaban J connectivity index is 2.47. The highest BCUT2D eigenvalue weighted by Gasteiger charge is 2.81. The van der Waals surface area contributed by atoms with Crippen LogP contribution >= 0.6 is 35.8 Å². The van der Waals surface area contributed by atoms with E-state index in [2.05, 4.69) is 0 Å². The predicted octanol–water partition coefficient (Wildman–Crippen LogP) is 4.64. The van der Waals surface area contributed by atoms with Gasteiger partial charge in [-0.05, 0) is 54.7 Å². The lowest BCUT2D eigenvalue weighted by Gasteiger charge is -2.58.